The van der Waals surface area contributed by atoms with Crippen LogP contribution in [0.15, 0.2) is 224 Å². The fourth-order valence-electron chi connectivity index (χ4n) is 10.3. The van der Waals surface area contributed by atoms with Crippen molar-refractivity contribution in [3.05, 3.63) is 236 Å². The van der Waals surface area contributed by atoms with Crippen LogP contribution >= 0.6 is 0 Å². The van der Waals surface area contributed by atoms with E-state index < -0.39 is 0 Å². The Bertz CT molecular complexity index is 3540. The minimum atomic E-state index is -0.111. The number of rotatable bonds is 6. The predicted octanol–water partition coefficient (Wildman–Crippen LogP) is 17.1. The molecule has 0 saturated carbocycles. The third-order valence-electron chi connectivity index (χ3n) is 13.4. The molecule has 12 rings (SSSR count). The fraction of sp³-hybridized carbons (Fsp3) is 0.0492. The summed E-state index contributed by atoms with van der Waals surface area (Å²) in [4.78, 5) is 2.42. The van der Waals surface area contributed by atoms with Crippen molar-refractivity contribution in [2.24, 2.45) is 0 Å². The van der Waals surface area contributed by atoms with Crippen LogP contribution in [0, 0.1) is 0 Å². The molecule has 1 aliphatic rings. The topological polar surface area (TPSA) is 3.24 Å². The Hall–Kier alpha value is -7.74. The van der Waals surface area contributed by atoms with Gasteiger partial charge in [-0.25, -0.2) is 0 Å². The molecule has 0 unspecified atom stereocenters. The molecule has 0 saturated heterocycles. The zero-order valence-corrected chi connectivity index (χ0v) is 34.8. The van der Waals surface area contributed by atoms with E-state index in [-0.39, 0.29) is 5.41 Å². The molecule has 292 valence electrons. The summed E-state index contributed by atoms with van der Waals surface area (Å²) in [7, 11) is 0. The molecule has 0 fully saturated rings. The number of hydrogen-bond donors (Lipinski definition) is 0. The van der Waals surface area contributed by atoms with Crippen molar-refractivity contribution in [1.29, 1.82) is 0 Å². The SMILES string of the molecule is CC1(C)c2ccccc2-c2ccc(N(c3ccc(-c4cccc(-c5cc6ccccc6c6ccccc56)c4)cc3)c3ccc(-c4cc5ccccc5c5ccccc45)cc3)cc21. The van der Waals surface area contributed by atoms with Crippen molar-refractivity contribution in [2.45, 2.75) is 19.3 Å². The lowest BCUT2D eigenvalue weighted by molar-refractivity contribution is 0.660. The van der Waals surface area contributed by atoms with E-state index in [0.717, 1.165) is 17.1 Å². The molecule has 1 heteroatoms. The number of hydrogen-bond acceptors (Lipinski definition) is 1. The van der Waals surface area contributed by atoms with E-state index in [1.165, 1.54) is 98.7 Å². The maximum absolute atomic E-state index is 2.42. The molecule has 0 spiro atoms. The molecule has 0 aromatic heterocycles. The highest BCUT2D eigenvalue weighted by molar-refractivity contribution is 6.15. The van der Waals surface area contributed by atoms with Crippen molar-refractivity contribution < 1.29 is 0 Å². The second-order valence-electron chi connectivity index (χ2n) is 17.3. The largest absolute Gasteiger partial charge is 0.310 e. The van der Waals surface area contributed by atoms with E-state index in [1.807, 2.05) is 0 Å². The molecular weight excluding hydrogens is 747 g/mol. The average molecular weight is 790 g/mol. The van der Waals surface area contributed by atoms with Crippen molar-refractivity contribution >= 4 is 60.2 Å². The van der Waals surface area contributed by atoms with Gasteiger partial charge in [0, 0.05) is 22.5 Å². The summed E-state index contributed by atoms with van der Waals surface area (Å²) in [5.74, 6) is 0. The first-order valence-corrected chi connectivity index (χ1v) is 21.7. The number of nitrogens with zero attached hydrogens (tertiary/aromatic N) is 1. The Morgan fingerprint density at radius 3 is 1.37 bits per heavy atom. The van der Waals surface area contributed by atoms with Crippen LogP contribution in [0.3, 0.4) is 0 Å². The van der Waals surface area contributed by atoms with E-state index in [9.17, 15) is 0 Å². The number of benzene rings is 11. The smallest absolute Gasteiger partial charge is 0.0465 e. The molecule has 62 heavy (non-hydrogen) atoms. The van der Waals surface area contributed by atoms with Gasteiger partial charge in [-0.05, 0) is 153 Å². The Kier molecular flexibility index (Phi) is 8.27. The van der Waals surface area contributed by atoms with Crippen LogP contribution in [0.4, 0.5) is 17.1 Å². The maximum Gasteiger partial charge on any atom is 0.0465 e. The van der Waals surface area contributed by atoms with Crippen LogP contribution < -0.4 is 4.90 Å². The minimum absolute atomic E-state index is 0.111. The van der Waals surface area contributed by atoms with Crippen molar-refractivity contribution in [3.63, 3.8) is 0 Å². The molecular formula is C61H43N. The quantitative estimate of drug-likeness (QED) is 0.152. The van der Waals surface area contributed by atoms with Gasteiger partial charge in [0.05, 0.1) is 0 Å². The van der Waals surface area contributed by atoms with Crippen molar-refractivity contribution in [3.8, 4) is 44.5 Å². The van der Waals surface area contributed by atoms with Gasteiger partial charge < -0.3 is 4.90 Å². The highest BCUT2D eigenvalue weighted by Gasteiger charge is 2.35. The zero-order valence-electron chi connectivity index (χ0n) is 34.8. The molecule has 1 aliphatic carbocycles. The lowest BCUT2D eigenvalue weighted by Crippen LogP contribution is -2.16. The number of anilines is 3. The Labute approximate surface area is 362 Å². The molecule has 11 aromatic rings. The van der Waals surface area contributed by atoms with Gasteiger partial charge in [-0.15, -0.1) is 0 Å². The van der Waals surface area contributed by atoms with Gasteiger partial charge in [0.25, 0.3) is 0 Å². The average Bonchev–Trinajstić information content (AvgIpc) is 3.56. The van der Waals surface area contributed by atoms with E-state index in [1.54, 1.807) is 0 Å². The second kappa shape index (κ2) is 14.2. The molecule has 11 aromatic carbocycles. The first-order valence-electron chi connectivity index (χ1n) is 21.7. The van der Waals surface area contributed by atoms with Crippen LogP contribution in [0.1, 0.15) is 25.0 Å². The van der Waals surface area contributed by atoms with Crippen LogP contribution in [-0.2, 0) is 5.41 Å². The standard InChI is InChI=1S/C61H43N/c1-61(2)59-25-12-11-24-55(59)56-35-34-48(39-60(56)61)62(47-32-28-41(29-33-47)57-37-44-14-3-5-18-49(44)51-20-7-9-22-53(51)57)46-30-26-40(27-31-46)42-16-13-17-43(36-42)58-38-45-15-4-6-19-50(45)52-21-8-10-23-54(52)58/h3-39H,1-2H3. The summed E-state index contributed by atoms with van der Waals surface area (Å²) in [5.41, 5.74) is 16.0. The first kappa shape index (κ1) is 36.1. The van der Waals surface area contributed by atoms with Gasteiger partial charge in [-0.3, -0.25) is 0 Å². The molecule has 0 atom stereocenters. The summed E-state index contributed by atoms with van der Waals surface area (Å²) in [6.45, 7) is 4.72. The molecule has 0 aliphatic heterocycles. The predicted molar refractivity (Wildman–Crippen MR) is 265 cm³/mol. The minimum Gasteiger partial charge on any atom is -0.310 e. The van der Waals surface area contributed by atoms with Gasteiger partial charge in [0.1, 0.15) is 0 Å². The lowest BCUT2D eigenvalue weighted by atomic mass is 9.82. The van der Waals surface area contributed by atoms with Crippen LogP contribution in [0.2, 0.25) is 0 Å². The van der Waals surface area contributed by atoms with Gasteiger partial charge in [0.2, 0.25) is 0 Å². The molecule has 1 nitrogen and oxygen atoms in total. The molecule has 0 heterocycles. The van der Waals surface area contributed by atoms with Crippen LogP contribution in [0.25, 0.3) is 87.6 Å². The molecule has 0 N–H and O–H groups in total. The Morgan fingerprint density at radius 1 is 0.274 bits per heavy atom. The van der Waals surface area contributed by atoms with Crippen molar-refractivity contribution in [1.82, 2.24) is 0 Å². The van der Waals surface area contributed by atoms with E-state index in [2.05, 4.69) is 243 Å². The van der Waals surface area contributed by atoms with E-state index in [4.69, 9.17) is 0 Å². The first-order chi connectivity index (χ1) is 30.5. The Morgan fingerprint density at radius 2 is 0.742 bits per heavy atom. The Balaban J connectivity index is 0.959. The van der Waals surface area contributed by atoms with E-state index in [0.29, 0.717) is 0 Å². The third-order valence-corrected chi connectivity index (χ3v) is 13.4. The highest BCUT2D eigenvalue weighted by Crippen LogP contribution is 2.51. The maximum atomic E-state index is 2.42. The van der Waals surface area contributed by atoms with Gasteiger partial charge in [0.15, 0.2) is 0 Å². The van der Waals surface area contributed by atoms with Crippen LogP contribution in [0.5, 0.6) is 0 Å². The van der Waals surface area contributed by atoms with Gasteiger partial charge in [-0.2, -0.15) is 0 Å². The number of fused-ring (bicyclic) bond motifs is 9. The monoisotopic (exact) mass is 789 g/mol. The summed E-state index contributed by atoms with van der Waals surface area (Å²) in [6.07, 6.45) is 0. The molecule has 0 amide bonds. The summed E-state index contributed by atoms with van der Waals surface area (Å²) in [5, 5.41) is 10.2. The summed E-state index contributed by atoms with van der Waals surface area (Å²) in [6, 6.07) is 83.0. The van der Waals surface area contributed by atoms with E-state index >= 15 is 0 Å². The van der Waals surface area contributed by atoms with Gasteiger partial charge >= 0.3 is 0 Å². The molecule has 0 radical (unpaired) electrons. The highest BCUT2D eigenvalue weighted by atomic mass is 15.1. The summed E-state index contributed by atoms with van der Waals surface area (Å²) >= 11 is 0. The zero-order chi connectivity index (χ0) is 41.4. The third kappa shape index (κ3) is 5.77. The fourth-order valence-corrected chi connectivity index (χ4v) is 10.3. The second-order valence-corrected chi connectivity index (χ2v) is 17.3. The van der Waals surface area contributed by atoms with Crippen LogP contribution in [-0.4, -0.2) is 0 Å². The van der Waals surface area contributed by atoms with Crippen molar-refractivity contribution in [2.75, 3.05) is 4.90 Å². The van der Waals surface area contributed by atoms with Gasteiger partial charge in [-0.1, -0.05) is 184 Å². The lowest BCUT2D eigenvalue weighted by Gasteiger charge is -2.28. The normalized spacial score (nSPS) is 12.8. The molecule has 0 bridgehead atoms. The summed E-state index contributed by atoms with van der Waals surface area (Å²) < 4.78 is 0.